The largest absolute Gasteiger partial charge is 0.390 e. The van der Waals surface area contributed by atoms with Gasteiger partial charge in [-0.15, -0.1) is 0 Å². The number of aliphatic hydroxyl groups excluding tert-OH is 2. The van der Waals surface area contributed by atoms with Gasteiger partial charge in [-0.1, -0.05) is 0 Å². The molecule has 0 spiro atoms. The average molecular weight is 185 g/mol. The molecule has 5 nitrogen and oxygen atoms in total. The van der Waals surface area contributed by atoms with Crippen molar-refractivity contribution < 1.29 is 10.2 Å². The van der Waals surface area contributed by atoms with E-state index in [-0.39, 0.29) is 0 Å². The summed E-state index contributed by atoms with van der Waals surface area (Å²) >= 11 is 0. The molecule has 74 valence electrons. The summed E-state index contributed by atoms with van der Waals surface area (Å²) in [7, 11) is 1.80. The van der Waals surface area contributed by atoms with Gasteiger partial charge in [-0.2, -0.15) is 0 Å². The minimum Gasteiger partial charge on any atom is -0.390 e. The Hall–Kier alpha value is -0.910. The monoisotopic (exact) mass is 185 g/mol. The second kappa shape index (κ2) is 4.36. The van der Waals surface area contributed by atoms with Crippen LogP contribution in [0.1, 0.15) is 18.2 Å². The second-order valence-electron chi connectivity index (χ2n) is 3.05. The van der Waals surface area contributed by atoms with E-state index in [4.69, 9.17) is 5.73 Å². The van der Waals surface area contributed by atoms with E-state index >= 15 is 0 Å². The number of imidazole rings is 1. The predicted octanol–water partition coefficient (Wildman–Crippen LogP) is -0.837. The van der Waals surface area contributed by atoms with E-state index in [2.05, 4.69) is 4.98 Å². The Morgan fingerprint density at radius 3 is 2.77 bits per heavy atom. The van der Waals surface area contributed by atoms with E-state index in [9.17, 15) is 10.2 Å². The van der Waals surface area contributed by atoms with Crippen LogP contribution in [0, 0.1) is 0 Å². The first kappa shape index (κ1) is 10.2. The van der Waals surface area contributed by atoms with Crippen LogP contribution in [0.3, 0.4) is 0 Å². The number of nitrogens with zero attached hydrogens (tertiary/aromatic N) is 2. The highest BCUT2D eigenvalue weighted by Gasteiger charge is 2.19. The lowest BCUT2D eigenvalue weighted by Crippen LogP contribution is -2.22. The Labute approximate surface area is 76.8 Å². The molecule has 0 aliphatic carbocycles. The normalized spacial score (nSPS) is 15.7. The second-order valence-corrected chi connectivity index (χ2v) is 3.05. The van der Waals surface area contributed by atoms with Crippen molar-refractivity contribution in [1.82, 2.24) is 9.55 Å². The van der Waals surface area contributed by atoms with Gasteiger partial charge in [-0.05, 0) is 13.0 Å². The maximum atomic E-state index is 9.55. The number of hydrogen-bond donors (Lipinski definition) is 3. The molecule has 1 rings (SSSR count). The molecular formula is C8H15N3O2. The van der Waals surface area contributed by atoms with E-state index < -0.39 is 12.2 Å². The van der Waals surface area contributed by atoms with Crippen LogP contribution in [-0.2, 0) is 7.05 Å². The van der Waals surface area contributed by atoms with Crippen LogP contribution < -0.4 is 5.73 Å². The van der Waals surface area contributed by atoms with E-state index in [1.54, 1.807) is 24.1 Å². The van der Waals surface area contributed by atoms with Crippen molar-refractivity contribution in [2.24, 2.45) is 12.8 Å². The Morgan fingerprint density at radius 2 is 2.31 bits per heavy atom. The summed E-state index contributed by atoms with van der Waals surface area (Å²) < 4.78 is 1.72. The van der Waals surface area contributed by atoms with Crippen LogP contribution in [0.5, 0.6) is 0 Å². The van der Waals surface area contributed by atoms with Crippen molar-refractivity contribution in [3.8, 4) is 0 Å². The summed E-state index contributed by atoms with van der Waals surface area (Å²) in [5, 5.41) is 19.0. The predicted molar refractivity (Wildman–Crippen MR) is 47.8 cm³/mol. The molecule has 0 bridgehead atoms. The van der Waals surface area contributed by atoms with Crippen LogP contribution in [0.4, 0.5) is 0 Å². The van der Waals surface area contributed by atoms with Crippen molar-refractivity contribution >= 4 is 0 Å². The van der Waals surface area contributed by atoms with Crippen molar-refractivity contribution in [3.05, 3.63) is 18.2 Å². The molecule has 5 heteroatoms. The number of rotatable bonds is 4. The van der Waals surface area contributed by atoms with Crippen LogP contribution in [0.25, 0.3) is 0 Å². The molecule has 0 radical (unpaired) electrons. The lowest BCUT2D eigenvalue weighted by Gasteiger charge is -2.14. The molecule has 0 saturated heterocycles. The zero-order valence-electron chi connectivity index (χ0n) is 7.59. The SMILES string of the molecule is Cn1cnc(C(O)C(O)CCN)c1. The van der Waals surface area contributed by atoms with Gasteiger partial charge in [0.1, 0.15) is 6.10 Å². The van der Waals surface area contributed by atoms with Gasteiger partial charge < -0.3 is 20.5 Å². The maximum absolute atomic E-state index is 9.55. The Morgan fingerprint density at radius 1 is 1.62 bits per heavy atom. The number of aromatic nitrogens is 2. The Balaban J connectivity index is 2.61. The summed E-state index contributed by atoms with van der Waals surface area (Å²) in [4.78, 5) is 3.93. The van der Waals surface area contributed by atoms with Crippen molar-refractivity contribution in [2.75, 3.05) is 6.54 Å². The molecule has 0 aliphatic rings. The highest BCUT2D eigenvalue weighted by molar-refractivity contribution is 5.02. The Kier molecular flexibility index (Phi) is 3.41. The molecule has 1 heterocycles. The standard InChI is InChI=1S/C8H15N3O2/c1-11-4-6(10-5-11)8(13)7(12)2-3-9/h4-5,7-8,12-13H,2-3,9H2,1H3. The minimum absolute atomic E-state index is 0.352. The highest BCUT2D eigenvalue weighted by Crippen LogP contribution is 2.15. The molecule has 0 aromatic carbocycles. The van der Waals surface area contributed by atoms with Gasteiger partial charge in [-0.25, -0.2) is 4.98 Å². The first-order chi connectivity index (χ1) is 6.15. The molecule has 0 aliphatic heterocycles. The fourth-order valence-corrected chi connectivity index (χ4v) is 1.11. The van der Waals surface area contributed by atoms with Crippen LogP contribution in [0.15, 0.2) is 12.5 Å². The van der Waals surface area contributed by atoms with Crippen molar-refractivity contribution in [3.63, 3.8) is 0 Å². The van der Waals surface area contributed by atoms with Crippen molar-refractivity contribution in [1.29, 1.82) is 0 Å². The summed E-state index contributed by atoms with van der Waals surface area (Å²) in [6, 6.07) is 0. The van der Waals surface area contributed by atoms with Gasteiger partial charge in [0.2, 0.25) is 0 Å². The molecular weight excluding hydrogens is 170 g/mol. The van der Waals surface area contributed by atoms with E-state index in [0.717, 1.165) is 0 Å². The van der Waals surface area contributed by atoms with Crippen LogP contribution in [-0.4, -0.2) is 32.4 Å². The summed E-state index contributed by atoms with van der Waals surface area (Å²) in [6.45, 7) is 0.352. The highest BCUT2D eigenvalue weighted by atomic mass is 16.3. The molecule has 0 saturated carbocycles. The third-order valence-corrected chi connectivity index (χ3v) is 1.85. The third-order valence-electron chi connectivity index (χ3n) is 1.85. The number of nitrogens with two attached hydrogens (primary N) is 1. The lowest BCUT2D eigenvalue weighted by molar-refractivity contribution is 0.0127. The van der Waals surface area contributed by atoms with E-state index in [1.807, 2.05) is 0 Å². The smallest absolute Gasteiger partial charge is 0.123 e. The molecule has 1 aromatic heterocycles. The summed E-state index contributed by atoms with van der Waals surface area (Å²) in [5.74, 6) is 0. The Bertz CT molecular complexity index is 262. The van der Waals surface area contributed by atoms with Gasteiger partial charge in [0.25, 0.3) is 0 Å². The molecule has 2 atom stereocenters. The van der Waals surface area contributed by atoms with E-state index in [1.165, 1.54) is 0 Å². The molecule has 13 heavy (non-hydrogen) atoms. The van der Waals surface area contributed by atoms with Gasteiger partial charge in [-0.3, -0.25) is 0 Å². The van der Waals surface area contributed by atoms with Crippen LogP contribution in [0.2, 0.25) is 0 Å². The molecule has 2 unspecified atom stereocenters. The topological polar surface area (TPSA) is 84.3 Å². The van der Waals surface area contributed by atoms with Crippen LogP contribution >= 0.6 is 0 Å². The van der Waals surface area contributed by atoms with Gasteiger partial charge in [0, 0.05) is 13.2 Å². The number of hydrogen-bond acceptors (Lipinski definition) is 4. The average Bonchev–Trinajstić information content (AvgIpc) is 2.51. The maximum Gasteiger partial charge on any atom is 0.123 e. The third kappa shape index (κ3) is 2.51. The molecule has 4 N–H and O–H groups in total. The van der Waals surface area contributed by atoms with E-state index in [0.29, 0.717) is 18.7 Å². The molecule has 1 aromatic rings. The fourth-order valence-electron chi connectivity index (χ4n) is 1.11. The minimum atomic E-state index is -0.940. The van der Waals surface area contributed by atoms with Gasteiger partial charge >= 0.3 is 0 Å². The first-order valence-corrected chi connectivity index (χ1v) is 4.19. The quantitative estimate of drug-likeness (QED) is 0.571. The van der Waals surface area contributed by atoms with Crippen molar-refractivity contribution in [2.45, 2.75) is 18.6 Å². The number of aliphatic hydroxyl groups is 2. The molecule has 0 fully saturated rings. The van der Waals surface area contributed by atoms with Gasteiger partial charge in [0.15, 0.2) is 0 Å². The molecule has 0 amide bonds. The van der Waals surface area contributed by atoms with Gasteiger partial charge in [0.05, 0.1) is 18.1 Å². The summed E-state index contributed by atoms with van der Waals surface area (Å²) in [6.07, 6.45) is 1.85. The fraction of sp³-hybridized carbons (Fsp3) is 0.625. The summed E-state index contributed by atoms with van der Waals surface area (Å²) in [5.41, 5.74) is 5.73. The zero-order valence-corrected chi connectivity index (χ0v) is 7.59. The lowest BCUT2D eigenvalue weighted by atomic mass is 10.1. The first-order valence-electron chi connectivity index (χ1n) is 4.19. The number of aryl methyl sites for hydroxylation is 1. The zero-order chi connectivity index (χ0) is 9.84.